The monoisotopic (exact) mass is 542 g/mol. The predicted molar refractivity (Wildman–Crippen MR) is 162 cm³/mol. The average molecular weight is 543 g/mol. The fraction of sp³-hybridized carbons (Fsp3) is 0.156. The van der Waals surface area contributed by atoms with Gasteiger partial charge < -0.3 is 20.4 Å². The van der Waals surface area contributed by atoms with Crippen LogP contribution >= 0.6 is 0 Å². The fourth-order valence-electron chi connectivity index (χ4n) is 4.62. The Balaban J connectivity index is 1.29. The number of likely N-dealkylation sites (N-methyl/N-ethyl adjacent to an activating group) is 1. The van der Waals surface area contributed by atoms with E-state index in [1.807, 2.05) is 60.7 Å². The lowest BCUT2D eigenvalue weighted by Gasteiger charge is -2.32. The first kappa shape index (κ1) is 26.1. The summed E-state index contributed by atoms with van der Waals surface area (Å²) in [5, 5.41) is 6.11. The zero-order chi connectivity index (χ0) is 28.0. The van der Waals surface area contributed by atoms with Gasteiger partial charge in [0.25, 0.3) is 5.91 Å². The fourth-order valence-corrected chi connectivity index (χ4v) is 4.62. The van der Waals surface area contributed by atoms with E-state index in [1.54, 1.807) is 18.3 Å². The summed E-state index contributed by atoms with van der Waals surface area (Å²) >= 11 is 0. The van der Waals surface area contributed by atoms with Gasteiger partial charge in [-0.15, -0.1) is 0 Å². The molecule has 9 nitrogen and oxygen atoms in total. The molecule has 3 heterocycles. The lowest BCUT2D eigenvalue weighted by Crippen LogP contribution is -2.45. The Kier molecular flexibility index (Phi) is 7.59. The van der Waals surface area contributed by atoms with E-state index < -0.39 is 0 Å². The molecule has 5 aromatic rings. The van der Waals surface area contributed by atoms with Gasteiger partial charge in [-0.1, -0.05) is 72.8 Å². The van der Waals surface area contributed by atoms with Gasteiger partial charge in [-0.25, -0.2) is 4.98 Å². The second kappa shape index (κ2) is 11.9. The smallest absolute Gasteiger partial charge is 0.255 e. The van der Waals surface area contributed by atoms with Gasteiger partial charge in [-0.05, 0) is 42.4 Å². The van der Waals surface area contributed by atoms with Gasteiger partial charge in [0, 0.05) is 49.2 Å². The Morgan fingerprint density at radius 2 is 1.39 bits per heavy atom. The van der Waals surface area contributed by atoms with E-state index in [1.165, 1.54) is 0 Å². The van der Waals surface area contributed by atoms with Gasteiger partial charge >= 0.3 is 0 Å². The van der Waals surface area contributed by atoms with Crippen LogP contribution in [-0.2, 0) is 0 Å². The summed E-state index contributed by atoms with van der Waals surface area (Å²) in [5.74, 6) is 1.77. The minimum atomic E-state index is -0.227. The molecular weight excluding hydrogens is 512 g/mol. The van der Waals surface area contributed by atoms with E-state index in [-0.39, 0.29) is 5.91 Å². The third kappa shape index (κ3) is 6.37. The number of piperazine rings is 1. The quantitative estimate of drug-likeness (QED) is 0.284. The van der Waals surface area contributed by atoms with Crippen molar-refractivity contribution in [1.29, 1.82) is 0 Å². The maximum absolute atomic E-state index is 12.9. The highest BCUT2D eigenvalue weighted by molar-refractivity contribution is 6.04. The molecule has 0 bridgehead atoms. The first-order chi connectivity index (χ1) is 20.1. The van der Waals surface area contributed by atoms with Crippen LogP contribution in [0, 0.1) is 0 Å². The Hall–Kier alpha value is -5.15. The number of pyridine rings is 1. The zero-order valence-corrected chi connectivity index (χ0v) is 22.7. The minimum Gasteiger partial charge on any atom is -0.338 e. The normalized spacial score (nSPS) is 13.5. The molecule has 0 atom stereocenters. The summed E-state index contributed by atoms with van der Waals surface area (Å²) < 4.78 is 0. The molecule has 0 unspecified atom stereocenters. The molecule has 41 heavy (non-hydrogen) atoms. The highest BCUT2D eigenvalue weighted by atomic mass is 16.1. The third-order valence-corrected chi connectivity index (χ3v) is 6.95. The van der Waals surface area contributed by atoms with Crippen LogP contribution in [-0.4, -0.2) is 64.0 Å². The highest BCUT2D eigenvalue weighted by Gasteiger charge is 2.19. The highest BCUT2D eigenvalue weighted by Crippen LogP contribution is 2.26. The molecule has 0 aliphatic carbocycles. The van der Waals surface area contributed by atoms with Crippen LogP contribution in [0.2, 0.25) is 0 Å². The maximum Gasteiger partial charge on any atom is 0.255 e. The largest absolute Gasteiger partial charge is 0.338 e. The molecule has 0 saturated carbocycles. The van der Waals surface area contributed by atoms with Crippen molar-refractivity contribution in [3.05, 3.63) is 109 Å². The van der Waals surface area contributed by atoms with Gasteiger partial charge in [0.2, 0.25) is 11.9 Å². The number of carbonyl (C=O) groups is 1. The third-order valence-electron chi connectivity index (χ3n) is 6.95. The van der Waals surface area contributed by atoms with Crippen LogP contribution in [0.25, 0.3) is 22.5 Å². The molecular formula is C32H30N8O. The van der Waals surface area contributed by atoms with Gasteiger partial charge in [0.15, 0.2) is 5.82 Å². The molecule has 1 aliphatic rings. The van der Waals surface area contributed by atoms with Crippen LogP contribution in [0.1, 0.15) is 10.4 Å². The lowest BCUT2D eigenvalue weighted by atomic mass is 10.0. The summed E-state index contributed by atoms with van der Waals surface area (Å²) in [6.45, 7) is 3.49. The second-order valence-electron chi connectivity index (χ2n) is 9.89. The topological polar surface area (TPSA) is 99.2 Å². The summed E-state index contributed by atoms with van der Waals surface area (Å²) in [7, 11) is 2.12. The van der Waals surface area contributed by atoms with Crippen molar-refractivity contribution in [2.45, 2.75) is 0 Å². The second-order valence-corrected chi connectivity index (χ2v) is 9.89. The average Bonchev–Trinajstić information content (AvgIpc) is 3.02. The van der Waals surface area contributed by atoms with E-state index in [0.717, 1.165) is 48.6 Å². The Morgan fingerprint density at radius 3 is 2.12 bits per heavy atom. The number of nitrogens with one attached hydrogen (secondary N) is 2. The number of hydrogen-bond acceptors (Lipinski definition) is 8. The molecule has 0 spiro atoms. The number of para-hydroxylation sites is 1. The van der Waals surface area contributed by atoms with Crippen molar-refractivity contribution in [3.8, 4) is 22.5 Å². The molecule has 204 valence electrons. The number of rotatable bonds is 7. The van der Waals surface area contributed by atoms with Crippen molar-refractivity contribution in [2.24, 2.45) is 0 Å². The number of carbonyl (C=O) groups excluding carboxylic acids is 1. The Bertz CT molecular complexity index is 1620. The van der Waals surface area contributed by atoms with E-state index in [9.17, 15) is 4.79 Å². The van der Waals surface area contributed by atoms with Crippen LogP contribution in [0.3, 0.4) is 0 Å². The molecule has 1 aliphatic heterocycles. The van der Waals surface area contributed by atoms with E-state index in [2.05, 4.69) is 56.7 Å². The van der Waals surface area contributed by atoms with E-state index in [4.69, 9.17) is 15.0 Å². The van der Waals surface area contributed by atoms with Crippen LogP contribution < -0.4 is 15.5 Å². The van der Waals surface area contributed by atoms with Gasteiger partial charge in [0.1, 0.15) is 5.82 Å². The number of amides is 1. The van der Waals surface area contributed by atoms with Crippen LogP contribution in [0.4, 0.5) is 23.4 Å². The number of hydrogen-bond donors (Lipinski definition) is 2. The molecule has 1 fully saturated rings. The van der Waals surface area contributed by atoms with Crippen LogP contribution in [0.15, 0.2) is 103 Å². The summed E-state index contributed by atoms with van der Waals surface area (Å²) in [4.78, 5) is 36.1. The molecule has 1 saturated heterocycles. The standard InChI is InChI=1S/C32H30N8O/c1-39-18-20-40(21-19-39)32-37-29(25-14-12-24(13-15-25)23-8-4-2-5-9-23)36-31(38-32)35-28-22-26(16-17-33-28)30(41)34-27-10-6-3-7-11-27/h2-17,22H,18-21H2,1H3,(H,34,41)(H,33,35,36,37,38). The number of nitrogens with zero attached hydrogens (tertiary/aromatic N) is 6. The minimum absolute atomic E-state index is 0.227. The summed E-state index contributed by atoms with van der Waals surface area (Å²) in [6.07, 6.45) is 1.59. The molecule has 3 aromatic carbocycles. The van der Waals surface area contributed by atoms with Gasteiger partial charge in [0.05, 0.1) is 0 Å². The van der Waals surface area contributed by atoms with Crippen molar-refractivity contribution >= 4 is 29.3 Å². The van der Waals surface area contributed by atoms with Crippen molar-refractivity contribution in [3.63, 3.8) is 0 Å². The molecule has 2 aromatic heterocycles. The number of anilines is 4. The van der Waals surface area contributed by atoms with Gasteiger partial charge in [-0.3, -0.25) is 4.79 Å². The van der Waals surface area contributed by atoms with Crippen molar-refractivity contribution < 1.29 is 4.79 Å². The molecule has 1 amide bonds. The Labute approximate surface area is 239 Å². The lowest BCUT2D eigenvalue weighted by molar-refractivity contribution is 0.102. The van der Waals surface area contributed by atoms with E-state index >= 15 is 0 Å². The molecule has 6 rings (SSSR count). The first-order valence-corrected chi connectivity index (χ1v) is 13.6. The SMILES string of the molecule is CN1CCN(c2nc(Nc3cc(C(=O)Nc4ccccc4)ccn3)nc(-c3ccc(-c4ccccc4)cc3)n2)CC1. The summed E-state index contributed by atoms with van der Waals surface area (Å²) in [5.41, 5.74) is 4.35. The molecule has 2 N–H and O–H groups in total. The zero-order valence-electron chi connectivity index (χ0n) is 22.7. The van der Waals surface area contributed by atoms with Gasteiger partial charge in [-0.2, -0.15) is 15.0 Å². The maximum atomic E-state index is 12.9. The Morgan fingerprint density at radius 1 is 0.732 bits per heavy atom. The van der Waals surface area contributed by atoms with Crippen molar-refractivity contribution in [1.82, 2.24) is 24.8 Å². The van der Waals surface area contributed by atoms with Crippen molar-refractivity contribution in [2.75, 3.05) is 48.8 Å². The predicted octanol–water partition coefficient (Wildman–Crippen LogP) is 5.35. The molecule has 0 radical (unpaired) electrons. The van der Waals surface area contributed by atoms with E-state index in [0.29, 0.717) is 29.1 Å². The first-order valence-electron chi connectivity index (χ1n) is 13.6. The number of aromatic nitrogens is 4. The van der Waals surface area contributed by atoms with Crippen LogP contribution in [0.5, 0.6) is 0 Å². The summed E-state index contributed by atoms with van der Waals surface area (Å²) in [6, 6.07) is 31.2. The number of benzene rings is 3. The molecule has 9 heteroatoms.